The quantitative estimate of drug-likeness (QED) is 0.903. The smallest absolute Gasteiger partial charge is 0.133 e. The van der Waals surface area contributed by atoms with Crippen LogP contribution in [0.5, 0.6) is 0 Å². The van der Waals surface area contributed by atoms with Crippen LogP contribution < -0.4 is 10.2 Å². The maximum Gasteiger partial charge on any atom is 0.133 e. The predicted octanol–water partition coefficient (Wildman–Crippen LogP) is 3.82. The second-order valence-corrected chi connectivity index (χ2v) is 7.44. The molecule has 0 bridgehead atoms. The number of hydrogen-bond donors (Lipinski definition) is 1. The number of nitrogens with zero attached hydrogens (tertiary/aromatic N) is 2. The molecule has 1 fully saturated rings. The fraction of sp³-hybridized carbons (Fsp3) is 0.688. The minimum Gasteiger partial charge on any atom is -0.356 e. The third-order valence-corrected chi connectivity index (χ3v) is 4.21. The number of anilines is 1. The van der Waals surface area contributed by atoms with Crippen molar-refractivity contribution in [1.82, 2.24) is 10.3 Å². The van der Waals surface area contributed by atoms with E-state index in [1.54, 1.807) is 0 Å². The molecule has 0 spiro atoms. The van der Waals surface area contributed by atoms with Gasteiger partial charge in [-0.15, -0.1) is 0 Å². The summed E-state index contributed by atoms with van der Waals surface area (Å²) in [5.74, 6) is 2.64. The molecule has 3 nitrogen and oxygen atoms in total. The minimum atomic E-state index is 0.487. The summed E-state index contributed by atoms with van der Waals surface area (Å²) < 4.78 is 1.06. The van der Waals surface area contributed by atoms with Crippen LogP contribution in [0.1, 0.15) is 39.7 Å². The lowest BCUT2D eigenvalue weighted by atomic mass is 9.91. The number of halogens is 1. The highest BCUT2D eigenvalue weighted by atomic mass is 79.9. The molecule has 4 heteroatoms. The largest absolute Gasteiger partial charge is 0.356 e. The Hall–Kier alpha value is -0.610. The molecule has 1 aromatic heterocycles. The maximum atomic E-state index is 4.69. The predicted molar refractivity (Wildman–Crippen MR) is 89.1 cm³/mol. The van der Waals surface area contributed by atoms with Crippen molar-refractivity contribution in [2.45, 2.75) is 46.7 Å². The van der Waals surface area contributed by atoms with E-state index in [2.05, 4.69) is 64.9 Å². The van der Waals surface area contributed by atoms with E-state index < -0.39 is 0 Å². The van der Waals surface area contributed by atoms with Crippen molar-refractivity contribution in [2.75, 3.05) is 18.0 Å². The van der Waals surface area contributed by atoms with Crippen molar-refractivity contribution in [2.24, 2.45) is 11.8 Å². The number of rotatable bonds is 4. The molecule has 1 aliphatic rings. The molecule has 1 aromatic rings. The highest BCUT2D eigenvalue weighted by molar-refractivity contribution is 9.10. The Bertz CT molecular complexity index is 437. The highest BCUT2D eigenvalue weighted by Crippen LogP contribution is 2.28. The average Bonchev–Trinajstić information content (AvgIpc) is 2.35. The fourth-order valence-electron chi connectivity index (χ4n) is 3.04. The van der Waals surface area contributed by atoms with Gasteiger partial charge >= 0.3 is 0 Å². The first-order valence-electron chi connectivity index (χ1n) is 7.58. The zero-order valence-electron chi connectivity index (χ0n) is 13.0. The van der Waals surface area contributed by atoms with Crippen LogP contribution in [0.3, 0.4) is 0 Å². The Morgan fingerprint density at radius 3 is 2.60 bits per heavy atom. The Balaban J connectivity index is 2.21. The fourth-order valence-corrected chi connectivity index (χ4v) is 3.42. The topological polar surface area (TPSA) is 28.2 Å². The second-order valence-electron chi connectivity index (χ2n) is 6.52. The summed E-state index contributed by atoms with van der Waals surface area (Å²) in [7, 11) is 0. The lowest BCUT2D eigenvalue weighted by molar-refractivity contribution is 0.354. The van der Waals surface area contributed by atoms with Crippen LogP contribution in [0.25, 0.3) is 0 Å². The van der Waals surface area contributed by atoms with Gasteiger partial charge in [0.25, 0.3) is 0 Å². The summed E-state index contributed by atoms with van der Waals surface area (Å²) in [5, 5.41) is 3.50. The Kier molecular flexibility index (Phi) is 5.44. The lowest BCUT2D eigenvalue weighted by Crippen LogP contribution is -2.40. The van der Waals surface area contributed by atoms with E-state index in [1.807, 2.05) is 6.20 Å². The molecule has 1 aliphatic heterocycles. The zero-order chi connectivity index (χ0) is 14.7. The SMILES string of the molecule is CC1CC(C)CN(c2ncc(Br)cc2CNC(C)C)C1. The molecule has 1 N–H and O–H groups in total. The summed E-state index contributed by atoms with van der Waals surface area (Å²) in [6.07, 6.45) is 3.24. The lowest BCUT2D eigenvalue weighted by Gasteiger charge is -2.36. The molecule has 0 saturated carbocycles. The zero-order valence-corrected chi connectivity index (χ0v) is 14.6. The molecular weight excluding hydrogens is 314 g/mol. The van der Waals surface area contributed by atoms with Crippen LogP contribution in [0, 0.1) is 11.8 Å². The first-order valence-corrected chi connectivity index (χ1v) is 8.37. The van der Waals surface area contributed by atoms with Gasteiger partial charge < -0.3 is 10.2 Å². The van der Waals surface area contributed by atoms with E-state index in [0.717, 1.165) is 41.8 Å². The molecule has 2 rings (SSSR count). The molecule has 1 saturated heterocycles. The van der Waals surface area contributed by atoms with Gasteiger partial charge in [-0.25, -0.2) is 4.98 Å². The molecule has 0 radical (unpaired) electrons. The molecule has 0 aliphatic carbocycles. The molecular formula is C16H26BrN3. The number of nitrogens with one attached hydrogen (secondary N) is 1. The molecule has 0 amide bonds. The average molecular weight is 340 g/mol. The van der Waals surface area contributed by atoms with Crippen LogP contribution in [-0.2, 0) is 6.54 Å². The number of hydrogen-bond acceptors (Lipinski definition) is 3. The van der Waals surface area contributed by atoms with Gasteiger partial charge in [-0.05, 0) is 40.3 Å². The molecule has 0 aromatic carbocycles. The molecule has 2 unspecified atom stereocenters. The van der Waals surface area contributed by atoms with E-state index in [9.17, 15) is 0 Å². The summed E-state index contributed by atoms with van der Waals surface area (Å²) in [4.78, 5) is 7.15. The molecule has 112 valence electrons. The van der Waals surface area contributed by atoms with Crippen LogP contribution >= 0.6 is 15.9 Å². The van der Waals surface area contributed by atoms with Gasteiger partial charge in [0, 0.05) is 41.9 Å². The molecule has 2 heterocycles. The van der Waals surface area contributed by atoms with Gasteiger partial charge in [0.2, 0.25) is 0 Å². The summed E-state index contributed by atoms with van der Waals surface area (Å²) in [6, 6.07) is 2.68. The van der Waals surface area contributed by atoms with Crippen LogP contribution in [-0.4, -0.2) is 24.1 Å². The third-order valence-electron chi connectivity index (χ3n) is 3.78. The van der Waals surface area contributed by atoms with E-state index >= 15 is 0 Å². The van der Waals surface area contributed by atoms with Crippen LogP contribution in [0.15, 0.2) is 16.7 Å². The van der Waals surface area contributed by atoms with E-state index in [4.69, 9.17) is 0 Å². The van der Waals surface area contributed by atoms with E-state index in [-0.39, 0.29) is 0 Å². The van der Waals surface area contributed by atoms with Gasteiger partial charge in [0.15, 0.2) is 0 Å². The summed E-state index contributed by atoms with van der Waals surface area (Å²) in [6.45, 7) is 12.1. The Morgan fingerprint density at radius 2 is 2.00 bits per heavy atom. The van der Waals surface area contributed by atoms with Crippen molar-refractivity contribution in [1.29, 1.82) is 0 Å². The van der Waals surface area contributed by atoms with Crippen LogP contribution in [0.2, 0.25) is 0 Å². The van der Waals surface area contributed by atoms with Crippen molar-refractivity contribution < 1.29 is 0 Å². The highest BCUT2D eigenvalue weighted by Gasteiger charge is 2.24. The normalized spacial score (nSPS) is 23.4. The number of aromatic nitrogens is 1. The third kappa shape index (κ3) is 4.19. The first kappa shape index (κ1) is 15.8. The standard InChI is InChI=1S/C16H26BrN3/c1-11(2)18-7-14-6-15(17)8-19-16(14)20-9-12(3)5-13(4)10-20/h6,8,11-13,18H,5,7,9-10H2,1-4H3. The van der Waals surface area contributed by atoms with Gasteiger partial charge in [-0.1, -0.05) is 27.7 Å². The van der Waals surface area contributed by atoms with Crippen molar-refractivity contribution in [3.8, 4) is 0 Å². The maximum absolute atomic E-state index is 4.69. The Labute approximate surface area is 131 Å². The van der Waals surface area contributed by atoms with Gasteiger partial charge in [-0.3, -0.25) is 0 Å². The summed E-state index contributed by atoms with van der Waals surface area (Å²) in [5.41, 5.74) is 1.29. The van der Waals surface area contributed by atoms with Gasteiger partial charge in [0.05, 0.1) is 0 Å². The minimum absolute atomic E-state index is 0.487. The van der Waals surface area contributed by atoms with Gasteiger partial charge in [-0.2, -0.15) is 0 Å². The summed E-state index contributed by atoms with van der Waals surface area (Å²) >= 11 is 3.54. The monoisotopic (exact) mass is 339 g/mol. The van der Waals surface area contributed by atoms with Crippen molar-refractivity contribution >= 4 is 21.7 Å². The van der Waals surface area contributed by atoms with Gasteiger partial charge in [0.1, 0.15) is 5.82 Å². The van der Waals surface area contributed by atoms with Crippen molar-refractivity contribution in [3.05, 3.63) is 22.3 Å². The molecule has 20 heavy (non-hydrogen) atoms. The first-order chi connectivity index (χ1) is 9.45. The number of pyridine rings is 1. The number of piperidine rings is 1. The van der Waals surface area contributed by atoms with E-state index in [1.165, 1.54) is 12.0 Å². The van der Waals surface area contributed by atoms with Crippen LogP contribution in [0.4, 0.5) is 5.82 Å². The Morgan fingerprint density at radius 1 is 1.35 bits per heavy atom. The van der Waals surface area contributed by atoms with Crippen molar-refractivity contribution in [3.63, 3.8) is 0 Å². The second kappa shape index (κ2) is 6.90. The molecule has 2 atom stereocenters. The van der Waals surface area contributed by atoms with E-state index in [0.29, 0.717) is 6.04 Å².